The lowest BCUT2D eigenvalue weighted by Crippen LogP contribution is -2.49. The zero-order chi connectivity index (χ0) is 20.1. The van der Waals surface area contributed by atoms with Crippen LogP contribution in [0.5, 0.6) is 11.5 Å². The van der Waals surface area contributed by atoms with Gasteiger partial charge in [0, 0.05) is 32.4 Å². The summed E-state index contributed by atoms with van der Waals surface area (Å²) in [5, 5.41) is 0. The minimum atomic E-state index is -0.0960. The number of rotatable bonds is 6. The molecule has 1 fully saturated rings. The Balaban J connectivity index is 1.30. The van der Waals surface area contributed by atoms with Gasteiger partial charge in [0.25, 0.3) is 5.91 Å². The zero-order valence-corrected chi connectivity index (χ0v) is 16.3. The summed E-state index contributed by atoms with van der Waals surface area (Å²) in [5.74, 6) is 3.27. The summed E-state index contributed by atoms with van der Waals surface area (Å²) in [7, 11) is 1.62. The van der Waals surface area contributed by atoms with Crippen LogP contribution in [0.1, 0.15) is 16.3 Å². The molecule has 0 spiro atoms. The van der Waals surface area contributed by atoms with Crippen molar-refractivity contribution in [3.63, 3.8) is 0 Å². The van der Waals surface area contributed by atoms with Gasteiger partial charge in [0.1, 0.15) is 29.7 Å². The highest BCUT2D eigenvalue weighted by Crippen LogP contribution is 2.20. The third kappa shape index (κ3) is 4.51. The fraction of sp³-hybridized carbons (Fsp3) is 0.273. The van der Waals surface area contributed by atoms with Crippen LogP contribution >= 0.6 is 0 Å². The van der Waals surface area contributed by atoms with Crippen molar-refractivity contribution < 1.29 is 18.7 Å². The van der Waals surface area contributed by atoms with Crippen LogP contribution in [-0.2, 0) is 6.61 Å². The van der Waals surface area contributed by atoms with Gasteiger partial charge < -0.3 is 23.7 Å². The quantitative estimate of drug-likeness (QED) is 0.641. The fourth-order valence-corrected chi connectivity index (χ4v) is 3.23. The summed E-state index contributed by atoms with van der Waals surface area (Å²) in [6, 6.07) is 16.7. The highest BCUT2D eigenvalue weighted by Gasteiger charge is 2.24. The first-order chi connectivity index (χ1) is 14.2. The van der Waals surface area contributed by atoms with E-state index in [0.717, 1.165) is 24.7 Å². The number of amides is 1. The topological polar surface area (TPSA) is 68.0 Å². The molecular weight excluding hydrogens is 370 g/mol. The Morgan fingerprint density at radius 2 is 1.76 bits per heavy atom. The van der Waals surface area contributed by atoms with Gasteiger partial charge in [0.2, 0.25) is 0 Å². The van der Waals surface area contributed by atoms with Gasteiger partial charge in [0.05, 0.1) is 7.11 Å². The van der Waals surface area contributed by atoms with E-state index in [1.165, 1.54) is 0 Å². The number of aromatic nitrogens is 1. The van der Waals surface area contributed by atoms with Gasteiger partial charge >= 0.3 is 0 Å². The normalized spacial score (nSPS) is 14.0. The number of carbonyl (C=O) groups excluding carboxylic acids is 1. The third-order valence-electron chi connectivity index (χ3n) is 4.85. The molecule has 1 saturated heterocycles. The second-order valence-corrected chi connectivity index (χ2v) is 6.70. The van der Waals surface area contributed by atoms with E-state index in [9.17, 15) is 4.79 Å². The highest BCUT2D eigenvalue weighted by molar-refractivity contribution is 5.91. The van der Waals surface area contributed by atoms with Crippen LogP contribution in [0.25, 0.3) is 0 Å². The van der Waals surface area contributed by atoms with E-state index >= 15 is 0 Å². The molecule has 7 heteroatoms. The molecule has 1 aliphatic heterocycles. The molecule has 0 atom stereocenters. The SMILES string of the molecule is COc1ccc(OCc2ccc(C(=O)N3CCN(c4ccccn4)CC3)o2)cc1. The molecule has 3 aromatic rings. The first kappa shape index (κ1) is 18.9. The molecule has 3 heterocycles. The average molecular weight is 393 g/mol. The van der Waals surface area contributed by atoms with Crippen molar-refractivity contribution in [3.05, 3.63) is 72.3 Å². The Morgan fingerprint density at radius 3 is 2.45 bits per heavy atom. The summed E-state index contributed by atoms with van der Waals surface area (Å²) in [6.45, 7) is 3.02. The summed E-state index contributed by atoms with van der Waals surface area (Å²) in [4.78, 5) is 21.1. The molecule has 1 amide bonds. The van der Waals surface area contributed by atoms with E-state index < -0.39 is 0 Å². The van der Waals surface area contributed by atoms with Crippen molar-refractivity contribution in [2.24, 2.45) is 0 Å². The highest BCUT2D eigenvalue weighted by atomic mass is 16.5. The molecule has 0 unspecified atom stereocenters. The van der Waals surface area contributed by atoms with E-state index in [1.807, 2.05) is 47.4 Å². The minimum absolute atomic E-state index is 0.0960. The Morgan fingerprint density at radius 1 is 1.00 bits per heavy atom. The van der Waals surface area contributed by atoms with E-state index in [1.54, 1.807) is 25.4 Å². The van der Waals surface area contributed by atoms with Gasteiger partial charge in [-0.1, -0.05) is 6.07 Å². The maximum atomic E-state index is 12.7. The lowest BCUT2D eigenvalue weighted by Gasteiger charge is -2.34. The van der Waals surface area contributed by atoms with Gasteiger partial charge in [-0.05, 0) is 48.5 Å². The molecule has 7 nitrogen and oxygen atoms in total. The van der Waals surface area contributed by atoms with Gasteiger partial charge in [-0.15, -0.1) is 0 Å². The van der Waals surface area contributed by atoms with Crippen LogP contribution in [0.2, 0.25) is 0 Å². The molecule has 0 radical (unpaired) electrons. The predicted octanol–water partition coefficient (Wildman–Crippen LogP) is 3.22. The third-order valence-corrected chi connectivity index (χ3v) is 4.85. The van der Waals surface area contributed by atoms with Gasteiger partial charge in [-0.25, -0.2) is 4.98 Å². The van der Waals surface area contributed by atoms with Crippen molar-refractivity contribution in [1.82, 2.24) is 9.88 Å². The molecule has 0 saturated carbocycles. The van der Waals surface area contributed by atoms with Crippen molar-refractivity contribution in [3.8, 4) is 11.5 Å². The Labute approximate surface area is 169 Å². The largest absolute Gasteiger partial charge is 0.497 e. The molecule has 150 valence electrons. The number of pyridine rings is 1. The smallest absolute Gasteiger partial charge is 0.289 e. The Bertz CT molecular complexity index is 932. The monoisotopic (exact) mass is 393 g/mol. The molecular formula is C22H23N3O4. The van der Waals surface area contributed by atoms with Crippen LogP contribution in [0, 0.1) is 0 Å². The lowest BCUT2D eigenvalue weighted by atomic mass is 10.2. The number of carbonyl (C=O) groups is 1. The number of anilines is 1. The van der Waals surface area contributed by atoms with Crippen LogP contribution in [-0.4, -0.2) is 49.1 Å². The number of hydrogen-bond donors (Lipinski definition) is 0. The van der Waals surface area contributed by atoms with Gasteiger partial charge in [-0.2, -0.15) is 0 Å². The Kier molecular flexibility index (Phi) is 5.65. The first-order valence-electron chi connectivity index (χ1n) is 9.54. The van der Waals surface area contributed by atoms with Gasteiger partial charge in [-0.3, -0.25) is 4.79 Å². The van der Waals surface area contributed by atoms with Crippen LogP contribution in [0.15, 0.2) is 65.2 Å². The molecule has 4 rings (SSSR count). The van der Waals surface area contributed by atoms with Crippen molar-refractivity contribution in [2.75, 3.05) is 38.2 Å². The van der Waals surface area contributed by atoms with E-state index in [-0.39, 0.29) is 12.5 Å². The molecule has 29 heavy (non-hydrogen) atoms. The van der Waals surface area contributed by atoms with Crippen molar-refractivity contribution in [1.29, 1.82) is 0 Å². The predicted molar refractivity (Wildman–Crippen MR) is 108 cm³/mol. The molecule has 0 aliphatic carbocycles. The number of methoxy groups -OCH3 is 1. The summed E-state index contributed by atoms with van der Waals surface area (Å²) in [5.41, 5.74) is 0. The number of hydrogen-bond acceptors (Lipinski definition) is 6. The number of piperazine rings is 1. The summed E-state index contributed by atoms with van der Waals surface area (Å²) < 4.78 is 16.5. The average Bonchev–Trinajstić information content (AvgIpc) is 3.27. The molecule has 0 N–H and O–H groups in total. The summed E-state index contributed by atoms with van der Waals surface area (Å²) >= 11 is 0. The molecule has 1 aromatic carbocycles. The number of benzene rings is 1. The fourth-order valence-electron chi connectivity index (χ4n) is 3.23. The second kappa shape index (κ2) is 8.68. The van der Waals surface area contributed by atoms with Gasteiger partial charge in [0.15, 0.2) is 5.76 Å². The minimum Gasteiger partial charge on any atom is -0.497 e. The lowest BCUT2D eigenvalue weighted by molar-refractivity contribution is 0.0710. The maximum Gasteiger partial charge on any atom is 0.289 e. The first-order valence-corrected chi connectivity index (χ1v) is 9.54. The number of nitrogens with zero attached hydrogens (tertiary/aromatic N) is 3. The van der Waals surface area contributed by atoms with E-state index in [4.69, 9.17) is 13.9 Å². The second-order valence-electron chi connectivity index (χ2n) is 6.70. The molecule has 2 aromatic heterocycles. The molecule has 1 aliphatic rings. The maximum absolute atomic E-state index is 12.7. The number of ether oxygens (including phenoxy) is 2. The van der Waals surface area contributed by atoms with Crippen LogP contribution in [0.3, 0.4) is 0 Å². The summed E-state index contributed by atoms with van der Waals surface area (Å²) in [6.07, 6.45) is 1.78. The Hall–Kier alpha value is -3.48. The van der Waals surface area contributed by atoms with Crippen LogP contribution < -0.4 is 14.4 Å². The van der Waals surface area contributed by atoms with E-state index in [0.29, 0.717) is 30.4 Å². The molecule has 0 bridgehead atoms. The standard InChI is InChI=1S/C22H23N3O4/c1-27-17-5-7-18(8-6-17)28-16-19-9-10-20(29-19)22(26)25-14-12-24(13-15-25)21-4-2-3-11-23-21/h2-11H,12-16H2,1H3. The van der Waals surface area contributed by atoms with Crippen molar-refractivity contribution >= 4 is 11.7 Å². The van der Waals surface area contributed by atoms with Crippen molar-refractivity contribution in [2.45, 2.75) is 6.61 Å². The number of furan rings is 1. The van der Waals surface area contributed by atoms with E-state index in [2.05, 4.69) is 9.88 Å². The van der Waals surface area contributed by atoms with Crippen LogP contribution in [0.4, 0.5) is 5.82 Å². The zero-order valence-electron chi connectivity index (χ0n) is 16.3.